The second-order valence-electron chi connectivity index (χ2n) is 12.2. The van der Waals surface area contributed by atoms with Gasteiger partial charge in [0.2, 0.25) is 5.13 Å². The van der Waals surface area contributed by atoms with E-state index in [1.165, 1.54) is 33.4 Å². The maximum atomic E-state index is 13.9. The van der Waals surface area contributed by atoms with Gasteiger partial charge in [0.15, 0.2) is 4.34 Å². The normalized spacial score (nSPS) is 18.0. The molecule has 2 aliphatic rings. The second-order valence-corrected chi connectivity index (χ2v) is 14.4. The Morgan fingerprint density at radius 2 is 1.74 bits per heavy atom. The molecule has 6 aromatic rings. The molecule has 2 aliphatic heterocycles. The minimum atomic E-state index is -0.970. The highest BCUT2D eigenvalue weighted by Gasteiger charge is 2.48. The molecule has 248 valence electrons. The van der Waals surface area contributed by atoms with Crippen LogP contribution in [0.2, 0.25) is 0 Å². The lowest BCUT2D eigenvalue weighted by Crippen LogP contribution is -2.29. The zero-order chi connectivity index (χ0) is 34.2. The van der Waals surface area contributed by atoms with Crippen LogP contribution in [0.4, 0.5) is 5.13 Å². The fourth-order valence-corrected chi connectivity index (χ4v) is 8.37. The average Bonchev–Trinajstić information content (AvgIpc) is 3.84. The third kappa shape index (κ3) is 6.12. The summed E-state index contributed by atoms with van der Waals surface area (Å²) in [6.45, 7) is 2.32. The summed E-state index contributed by atoms with van der Waals surface area (Å²) in [5.74, 6) is 0.116. The van der Waals surface area contributed by atoms with Crippen LogP contribution < -0.4 is 14.4 Å². The van der Waals surface area contributed by atoms with Crippen molar-refractivity contribution in [2.75, 3.05) is 4.90 Å². The Morgan fingerprint density at radius 3 is 2.62 bits per heavy atom. The number of benzene rings is 5. The Bertz CT molecular complexity index is 2280. The molecule has 50 heavy (non-hydrogen) atoms. The standard InChI is InChI=1S/C40H31N3O5S2/c1-24-19-30-20-28(17-18-33(30)48-24)36(44)34-35(27-13-8-15-31(21-27)47-22-25-9-3-2-4-10-25)43(38(46)37(34)45)39-41-42-40(50-39)49-23-29-14-7-12-26-11-5-6-16-32(26)29/h2-18,20-21,24,35,44H,19,22-23H2,1H3/t24-,35+/m1/s1. The van der Waals surface area contributed by atoms with E-state index in [9.17, 15) is 14.7 Å². The van der Waals surface area contributed by atoms with Crippen molar-refractivity contribution in [1.29, 1.82) is 0 Å². The number of ether oxygens (including phenoxy) is 2. The number of aromatic nitrogens is 2. The number of fused-ring (bicyclic) bond motifs is 2. The predicted octanol–water partition coefficient (Wildman–Crippen LogP) is 8.51. The number of ketones is 1. The lowest BCUT2D eigenvalue weighted by atomic mass is 9.94. The van der Waals surface area contributed by atoms with Crippen molar-refractivity contribution < 1.29 is 24.2 Å². The van der Waals surface area contributed by atoms with Crippen LogP contribution in [-0.2, 0) is 28.4 Å². The number of carbonyl (C=O) groups excluding carboxylic acids is 2. The summed E-state index contributed by atoms with van der Waals surface area (Å²) in [6.07, 6.45) is 0.690. The molecule has 0 spiro atoms. The van der Waals surface area contributed by atoms with Crippen LogP contribution in [0.15, 0.2) is 125 Å². The Balaban J connectivity index is 1.15. The average molecular weight is 698 g/mol. The fraction of sp³-hybridized carbons (Fsp3) is 0.150. The molecule has 1 fully saturated rings. The minimum Gasteiger partial charge on any atom is -0.507 e. The summed E-state index contributed by atoms with van der Waals surface area (Å²) in [5, 5.41) is 23.2. The van der Waals surface area contributed by atoms with Crippen LogP contribution >= 0.6 is 23.1 Å². The Kier molecular flexibility index (Phi) is 8.56. The molecule has 1 aromatic heterocycles. The van der Waals surface area contributed by atoms with Crippen LogP contribution in [0.25, 0.3) is 16.5 Å². The zero-order valence-electron chi connectivity index (χ0n) is 27.0. The van der Waals surface area contributed by atoms with Crippen molar-refractivity contribution in [3.8, 4) is 11.5 Å². The maximum Gasteiger partial charge on any atom is 0.301 e. The van der Waals surface area contributed by atoms with Crippen LogP contribution in [0, 0.1) is 0 Å². The first-order chi connectivity index (χ1) is 24.4. The zero-order valence-corrected chi connectivity index (χ0v) is 28.6. The first kappa shape index (κ1) is 31.8. The van der Waals surface area contributed by atoms with Gasteiger partial charge in [0, 0.05) is 17.7 Å². The Morgan fingerprint density at radius 1 is 0.940 bits per heavy atom. The third-order valence-electron chi connectivity index (χ3n) is 8.87. The minimum absolute atomic E-state index is 0.0108. The molecule has 8 rings (SSSR count). The van der Waals surface area contributed by atoms with Gasteiger partial charge in [-0.05, 0) is 70.3 Å². The van der Waals surface area contributed by atoms with Gasteiger partial charge < -0.3 is 14.6 Å². The van der Waals surface area contributed by atoms with Gasteiger partial charge in [-0.1, -0.05) is 108 Å². The molecule has 2 atom stereocenters. The van der Waals surface area contributed by atoms with E-state index >= 15 is 0 Å². The monoisotopic (exact) mass is 697 g/mol. The van der Waals surface area contributed by atoms with Gasteiger partial charge in [-0.25, -0.2) is 0 Å². The van der Waals surface area contributed by atoms with Gasteiger partial charge in [0.05, 0.1) is 11.6 Å². The van der Waals surface area contributed by atoms with Crippen LogP contribution in [0.5, 0.6) is 11.5 Å². The van der Waals surface area contributed by atoms with Crippen molar-refractivity contribution >= 4 is 56.5 Å². The SMILES string of the molecule is C[C@@H]1Cc2cc(C(O)=C3C(=O)C(=O)N(c4nnc(SCc5cccc6ccccc56)s4)[C@H]3c3cccc(OCc4ccccc4)c3)ccc2O1. The first-order valence-corrected chi connectivity index (χ1v) is 18.0. The van der Waals surface area contributed by atoms with Crippen molar-refractivity contribution in [3.05, 3.63) is 149 Å². The number of hydrogen-bond acceptors (Lipinski definition) is 9. The van der Waals surface area contributed by atoms with Crippen molar-refractivity contribution in [2.45, 2.75) is 42.2 Å². The molecule has 0 unspecified atom stereocenters. The van der Waals surface area contributed by atoms with Crippen LogP contribution in [-0.4, -0.2) is 33.1 Å². The molecule has 10 heteroatoms. The molecule has 0 aliphatic carbocycles. The summed E-state index contributed by atoms with van der Waals surface area (Å²) >= 11 is 2.76. The largest absolute Gasteiger partial charge is 0.507 e. The van der Waals surface area contributed by atoms with Gasteiger partial charge >= 0.3 is 5.91 Å². The fourth-order valence-electron chi connectivity index (χ4n) is 6.50. The lowest BCUT2D eigenvalue weighted by molar-refractivity contribution is -0.132. The van der Waals surface area contributed by atoms with E-state index in [1.54, 1.807) is 18.2 Å². The van der Waals surface area contributed by atoms with Crippen molar-refractivity contribution in [2.24, 2.45) is 0 Å². The van der Waals surface area contributed by atoms with Gasteiger partial charge in [0.25, 0.3) is 5.78 Å². The predicted molar refractivity (Wildman–Crippen MR) is 196 cm³/mol. The molecular weight excluding hydrogens is 667 g/mol. The van der Waals surface area contributed by atoms with E-state index in [-0.39, 0.29) is 22.6 Å². The van der Waals surface area contributed by atoms with Crippen LogP contribution in [0.1, 0.15) is 40.8 Å². The summed E-state index contributed by atoms with van der Waals surface area (Å²) in [6, 6.07) is 35.9. The summed E-state index contributed by atoms with van der Waals surface area (Å²) in [5.41, 5.74) is 4.09. The topological polar surface area (TPSA) is 102 Å². The van der Waals surface area contributed by atoms with E-state index in [4.69, 9.17) is 9.47 Å². The number of rotatable bonds is 9. The lowest BCUT2D eigenvalue weighted by Gasteiger charge is -2.23. The van der Waals surface area contributed by atoms with E-state index in [2.05, 4.69) is 34.5 Å². The second kappa shape index (κ2) is 13.5. The molecule has 1 amide bonds. The number of carbonyl (C=O) groups is 2. The molecule has 0 radical (unpaired) electrons. The van der Waals surface area contributed by atoms with E-state index in [0.717, 1.165) is 27.8 Å². The highest BCUT2D eigenvalue weighted by Crippen LogP contribution is 2.45. The molecule has 1 N–H and O–H groups in total. The molecular formula is C40H31N3O5S2. The van der Waals surface area contributed by atoms with E-state index in [0.29, 0.717) is 40.0 Å². The van der Waals surface area contributed by atoms with Gasteiger partial charge in [0.1, 0.15) is 30.0 Å². The van der Waals surface area contributed by atoms with E-state index in [1.807, 2.05) is 79.7 Å². The Hall–Kier alpha value is -5.45. The molecule has 5 aromatic carbocycles. The molecule has 1 saturated heterocycles. The number of thioether (sulfide) groups is 1. The van der Waals surface area contributed by atoms with Gasteiger partial charge in [-0.2, -0.15) is 0 Å². The first-order valence-electron chi connectivity index (χ1n) is 16.2. The number of aliphatic hydroxyl groups is 1. The number of amides is 1. The summed E-state index contributed by atoms with van der Waals surface area (Å²) in [7, 11) is 0. The van der Waals surface area contributed by atoms with Crippen molar-refractivity contribution in [3.63, 3.8) is 0 Å². The summed E-state index contributed by atoms with van der Waals surface area (Å²) in [4.78, 5) is 29.2. The number of nitrogens with zero attached hydrogens (tertiary/aromatic N) is 3. The number of aliphatic hydroxyl groups excluding tert-OH is 1. The van der Waals surface area contributed by atoms with Crippen LogP contribution in [0.3, 0.4) is 0 Å². The maximum absolute atomic E-state index is 13.9. The number of anilines is 1. The quantitative estimate of drug-likeness (QED) is 0.0528. The van der Waals surface area contributed by atoms with Gasteiger partial charge in [-0.15, -0.1) is 10.2 Å². The highest BCUT2D eigenvalue weighted by atomic mass is 32.2. The summed E-state index contributed by atoms with van der Waals surface area (Å²) < 4.78 is 12.6. The van der Waals surface area contributed by atoms with Gasteiger partial charge in [-0.3, -0.25) is 14.5 Å². The Labute approximate surface area is 297 Å². The molecule has 8 nitrogen and oxygen atoms in total. The molecule has 0 saturated carbocycles. The number of Topliss-reactive ketones (excluding diaryl/α,β-unsaturated/α-hetero) is 1. The smallest absolute Gasteiger partial charge is 0.301 e. The molecule has 0 bridgehead atoms. The van der Waals surface area contributed by atoms with E-state index < -0.39 is 17.7 Å². The molecule has 3 heterocycles. The highest BCUT2D eigenvalue weighted by molar-refractivity contribution is 8.00. The number of hydrogen-bond donors (Lipinski definition) is 1. The van der Waals surface area contributed by atoms with Crippen molar-refractivity contribution in [1.82, 2.24) is 10.2 Å². The third-order valence-corrected chi connectivity index (χ3v) is 11.0.